The molecule has 0 saturated heterocycles. The zero-order chi connectivity index (χ0) is 15.2. The summed E-state index contributed by atoms with van der Waals surface area (Å²) in [5, 5.41) is 3.50. The van der Waals surface area contributed by atoms with Gasteiger partial charge >= 0.3 is 0 Å². The van der Waals surface area contributed by atoms with Crippen LogP contribution in [0.25, 0.3) is 0 Å². The van der Waals surface area contributed by atoms with Crippen molar-refractivity contribution < 1.29 is 14.3 Å². The van der Waals surface area contributed by atoms with Crippen LogP contribution >= 0.6 is 11.8 Å². The van der Waals surface area contributed by atoms with Gasteiger partial charge in [0.05, 0.1) is 25.2 Å². The van der Waals surface area contributed by atoms with Crippen LogP contribution in [0, 0.1) is 0 Å². The van der Waals surface area contributed by atoms with Crippen molar-refractivity contribution in [3.8, 4) is 11.5 Å². The second kappa shape index (κ2) is 7.59. The summed E-state index contributed by atoms with van der Waals surface area (Å²) in [5.41, 5.74) is 0.653. The fraction of sp³-hybridized carbons (Fsp3) is 0.562. The van der Waals surface area contributed by atoms with E-state index in [0.717, 1.165) is 0 Å². The van der Waals surface area contributed by atoms with E-state index in [2.05, 4.69) is 5.32 Å². The van der Waals surface area contributed by atoms with Crippen molar-refractivity contribution in [1.29, 1.82) is 0 Å². The summed E-state index contributed by atoms with van der Waals surface area (Å²) >= 11 is 1.77. The van der Waals surface area contributed by atoms with Crippen molar-refractivity contribution in [3.05, 3.63) is 18.2 Å². The fourth-order valence-electron chi connectivity index (χ4n) is 2.52. The number of hydrogen-bond donors (Lipinski definition) is 1. The zero-order valence-corrected chi connectivity index (χ0v) is 13.7. The van der Waals surface area contributed by atoms with E-state index in [9.17, 15) is 4.79 Å². The lowest BCUT2D eigenvalue weighted by Crippen LogP contribution is -2.24. The van der Waals surface area contributed by atoms with Gasteiger partial charge in [-0.15, -0.1) is 11.8 Å². The van der Waals surface area contributed by atoms with Gasteiger partial charge in [-0.05, 0) is 31.9 Å². The Kier molecular flexibility index (Phi) is 5.79. The van der Waals surface area contributed by atoms with E-state index < -0.39 is 0 Å². The van der Waals surface area contributed by atoms with Gasteiger partial charge in [-0.25, -0.2) is 0 Å². The summed E-state index contributed by atoms with van der Waals surface area (Å²) in [5.74, 6) is 1.35. The first-order valence-corrected chi connectivity index (χ1v) is 8.26. The van der Waals surface area contributed by atoms with Crippen LogP contribution in [-0.4, -0.2) is 30.6 Å². The monoisotopic (exact) mass is 309 g/mol. The van der Waals surface area contributed by atoms with E-state index in [1.54, 1.807) is 38.1 Å². The minimum Gasteiger partial charge on any atom is -0.497 e. The Morgan fingerprint density at radius 3 is 2.62 bits per heavy atom. The van der Waals surface area contributed by atoms with E-state index >= 15 is 0 Å². The maximum Gasteiger partial charge on any atom is 0.237 e. The van der Waals surface area contributed by atoms with Gasteiger partial charge in [-0.1, -0.05) is 12.8 Å². The highest BCUT2D eigenvalue weighted by molar-refractivity contribution is 8.01. The standard InChI is InChI=1S/C16H23NO3S/c1-11(21-13-6-4-5-7-13)16(18)17-14-10-12(19-2)8-9-15(14)20-3/h8-11,13H,4-7H2,1-3H3,(H,17,18)/t11-/m1/s1. The lowest BCUT2D eigenvalue weighted by atomic mass is 10.2. The summed E-state index contributed by atoms with van der Waals surface area (Å²) in [6.07, 6.45) is 5.03. The Morgan fingerprint density at radius 2 is 2.00 bits per heavy atom. The number of rotatable bonds is 6. The smallest absolute Gasteiger partial charge is 0.237 e. The highest BCUT2D eigenvalue weighted by atomic mass is 32.2. The Morgan fingerprint density at radius 1 is 1.29 bits per heavy atom. The number of amides is 1. The second-order valence-electron chi connectivity index (χ2n) is 5.24. The SMILES string of the molecule is COc1ccc(OC)c(NC(=O)[C@@H](C)SC2CCCC2)c1. The van der Waals surface area contributed by atoms with Gasteiger partial charge in [0, 0.05) is 11.3 Å². The molecule has 1 aliphatic carbocycles. The van der Waals surface area contributed by atoms with Crippen molar-refractivity contribution in [3.63, 3.8) is 0 Å². The molecule has 1 aliphatic rings. The Labute approximate surface area is 130 Å². The molecule has 0 aliphatic heterocycles. The molecule has 116 valence electrons. The minimum absolute atomic E-state index is 0.0125. The van der Waals surface area contributed by atoms with Crippen LogP contribution in [0.5, 0.6) is 11.5 Å². The first-order chi connectivity index (χ1) is 10.1. The summed E-state index contributed by atoms with van der Waals surface area (Å²) in [6, 6.07) is 5.39. The largest absolute Gasteiger partial charge is 0.497 e. The van der Waals surface area contributed by atoms with E-state index in [0.29, 0.717) is 22.4 Å². The molecule has 1 fully saturated rings. The van der Waals surface area contributed by atoms with E-state index in [1.807, 2.05) is 13.0 Å². The average Bonchev–Trinajstić information content (AvgIpc) is 2.99. The topological polar surface area (TPSA) is 47.6 Å². The molecular weight excluding hydrogens is 286 g/mol. The number of nitrogens with one attached hydrogen (secondary N) is 1. The molecule has 0 aromatic heterocycles. The molecule has 1 amide bonds. The predicted molar refractivity (Wildman–Crippen MR) is 87.5 cm³/mol. The number of carbonyl (C=O) groups is 1. The number of anilines is 1. The molecule has 21 heavy (non-hydrogen) atoms. The number of benzene rings is 1. The number of carbonyl (C=O) groups excluding carboxylic acids is 1. The molecule has 0 bridgehead atoms. The molecule has 0 spiro atoms. The lowest BCUT2D eigenvalue weighted by Gasteiger charge is -2.17. The third-order valence-corrected chi connectivity index (χ3v) is 5.21. The van der Waals surface area contributed by atoms with Crippen LogP contribution in [0.4, 0.5) is 5.69 Å². The van der Waals surface area contributed by atoms with Crippen LogP contribution in [0.1, 0.15) is 32.6 Å². The minimum atomic E-state index is -0.0657. The summed E-state index contributed by atoms with van der Waals surface area (Å²) in [4.78, 5) is 12.3. The molecule has 0 radical (unpaired) electrons. The first kappa shape index (κ1) is 16.0. The molecule has 5 heteroatoms. The van der Waals surface area contributed by atoms with Gasteiger partial charge in [-0.2, -0.15) is 0 Å². The normalized spacial score (nSPS) is 16.5. The van der Waals surface area contributed by atoms with Crippen LogP contribution in [0.15, 0.2) is 18.2 Å². The number of thioether (sulfide) groups is 1. The van der Waals surface area contributed by atoms with Gasteiger partial charge < -0.3 is 14.8 Å². The molecule has 1 saturated carbocycles. The van der Waals surface area contributed by atoms with Crippen molar-refractivity contribution in [2.45, 2.75) is 43.1 Å². The molecule has 1 atom stereocenters. The molecular formula is C16H23NO3S. The molecule has 1 aromatic carbocycles. The Hall–Kier alpha value is -1.36. The lowest BCUT2D eigenvalue weighted by molar-refractivity contribution is -0.115. The molecule has 0 heterocycles. The average molecular weight is 309 g/mol. The summed E-state index contributed by atoms with van der Waals surface area (Å²) in [7, 11) is 3.19. The van der Waals surface area contributed by atoms with E-state index in [1.165, 1.54) is 25.7 Å². The number of ether oxygens (including phenoxy) is 2. The molecule has 4 nitrogen and oxygen atoms in total. The zero-order valence-electron chi connectivity index (χ0n) is 12.8. The highest BCUT2D eigenvalue weighted by Crippen LogP contribution is 2.34. The third-order valence-electron chi connectivity index (χ3n) is 3.73. The summed E-state index contributed by atoms with van der Waals surface area (Å²) in [6.45, 7) is 1.96. The predicted octanol–water partition coefficient (Wildman–Crippen LogP) is 3.71. The van der Waals surface area contributed by atoms with Crippen molar-refractivity contribution in [2.24, 2.45) is 0 Å². The maximum absolute atomic E-state index is 12.3. The highest BCUT2D eigenvalue weighted by Gasteiger charge is 2.23. The molecule has 1 N–H and O–H groups in total. The first-order valence-electron chi connectivity index (χ1n) is 7.32. The Bertz CT molecular complexity index is 486. The quantitative estimate of drug-likeness (QED) is 0.870. The van der Waals surface area contributed by atoms with Gasteiger partial charge in [0.15, 0.2) is 0 Å². The van der Waals surface area contributed by atoms with Crippen molar-refractivity contribution >= 4 is 23.4 Å². The number of hydrogen-bond acceptors (Lipinski definition) is 4. The van der Waals surface area contributed by atoms with Crippen molar-refractivity contribution in [2.75, 3.05) is 19.5 Å². The van der Waals surface area contributed by atoms with Gasteiger partial charge in [0.25, 0.3) is 0 Å². The van der Waals surface area contributed by atoms with Crippen LogP contribution in [0.2, 0.25) is 0 Å². The van der Waals surface area contributed by atoms with Gasteiger partial charge in [0.2, 0.25) is 5.91 Å². The van der Waals surface area contributed by atoms with Gasteiger partial charge in [0.1, 0.15) is 11.5 Å². The Balaban J connectivity index is 2.00. The molecule has 1 aromatic rings. The van der Waals surface area contributed by atoms with E-state index in [-0.39, 0.29) is 11.2 Å². The maximum atomic E-state index is 12.3. The van der Waals surface area contributed by atoms with Crippen molar-refractivity contribution in [1.82, 2.24) is 0 Å². The van der Waals surface area contributed by atoms with Crippen LogP contribution in [0.3, 0.4) is 0 Å². The molecule has 0 unspecified atom stereocenters. The van der Waals surface area contributed by atoms with Crippen LogP contribution in [-0.2, 0) is 4.79 Å². The fourth-order valence-corrected chi connectivity index (χ4v) is 3.89. The third kappa shape index (κ3) is 4.30. The van der Waals surface area contributed by atoms with Gasteiger partial charge in [-0.3, -0.25) is 4.79 Å². The number of methoxy groups -OCH3 is 2. The van der Waals surface area contributed by atoms with E-state index in [4.69, 9.17) is 9.47 Å². The second-order valence-corrected chi connectivity index (χ2v) is 6.89. The summed E-state index contributed by atoms with van der Waals surface area (Å²) < 4.78 is 10.5. The molecule has 2 rings (SSSR count). The van der Waals surface area contributed by atoms with Crippen LogP contribution < -0.4 is 14.8 Å².